The molecule has 1 aromatic rings. The van der Waals surface area contributed by atoms with Gasteiger partial charge < -0.3 is 20.5 Å². The molecule has 0 spiro atoms. The van der Waals surface area contributed by atoms with Gasteiger partial charge in [-0.3, -0.25) is 9.59 Å². The lowest BCUT2D eigenvalue weighted by molar-refractivity contribution is -0.143. The summed E-state index contributed by atoms with van der Waals surface area (Å²) in [5.41, 5.74) is 1.18. The molecule has 0 radical (unpaired) electrons. The molecule has 0 fully saturated rings. The Morgan fingerprint density at radius 3 is 2.33 bits per heavy atom. The summed E-state index contributed by atoms with van der Waals surface area (Å²) >= 11 is 0. The Hall–Kier alpha value is -2.41. The molecule has 1 unspecified atom stereocenters. The molecule has 1 rings (SSSR count). The van der Waals surface area contributed by atoms with Crippen LogP contribution in [0.5, 0.6) is 0 Å². The molecular formula is C14H18N2O5. The first kappa shape index (κ1) is 16.6. The molecule has 3 N–H and O–H groups in total. The van der Waals surface area contributed by atoms with E-state index in [4.69, 9.17) is 5.11 Å². The smallest absolute Gasteiger partial charge is 0.330 e. The number of aliphatic hydroxyl groups excluding tert-OH is 1. The van der Waals surface area contributed by atoms with Gasteiger partial charge in [-0.05, 0) is 17.7 Å². The van der Waals surface area contributed by atoms with Crippen LogP contribution in [0, 0.1) is 0 Å². The molecule has 1 atom stereocenters. The predicted molar refractivity (Wildman–Crippen MR) is 74.3 cm³/mol. The molecule has 21 heavy (non-hydrogen) atoms. The van der Waals surface area contributed by atoms with E-state index >= 15 is 0 Å². The first-order valence-corrected chi connectivity index (χ1v) is 6.31. The van der Waals surface area contributed by atoms with Crippen molar-refractivity contribution in [3.63, 3.8) is 0 Å². The maximum absolute atomic E-state index is 11.9. The van der Waals surface area contributed by atoms with Crippen LogP contribution < -0.4 is 10.6 Å². The number of esters is 1. The minimum Gasteiger partial charge on any atom is -0.467 e. The number of methoxy groups -OCH3 is 1. The summed E-state index contributed by atoms with van der Waals surface area (Å²) in [5, 5.41) is 14.0. The number of carbonyl (C=O) groups excluding carboxylic acids is 3. The fourth-order valence-corrected chi connectivity index (χ4v) is 1.56. The monoisotopic (exact) mass is 294 g/mol. The van der Waals surface area contributed by atoms with E-state index in [9.17, 15) is 14.4 Å². The number of aliphatic hydroxyl groups is 1. The molecule has 1 aromatic carbocycles. The lowest BCUT2D eigenvalue weighted by Crippen LogP contribution is -2.44. The number of carbonyl (C=O) groups is 3. The number of amides is 2. The normalized spacial score (nSPS) is 11.4. The van der Waals surface area contributed by atoms with E-state index in [1.807, 2.05) is 0 Å². The Balaban J connectivity index is 2.66. The van der Waals surface area contributed by atoms with Crippen molar-refractivity contribution in [2.45, 2.75) is 19.5 Å². The van der Waals surface area contributed by atoms with Crippen LogP contribution in [-0.4, -0.2) is 42.6 Å². The Bertz CT molecular complexity index is 513. The van der Waals surface area contributed by atoms with Crippen LogP contribution in [0.3, 0.4) is 0 Å². The van der Waals surface area contributed by atoms with Crippen LogP contribution in [0.4, 0.5) is 0 Å². The van der Waals surface area contributed by atoms with Crippen LogP contribution in [0.25, 0.3) is 0 Å². The number of hydrogen-bond donors (Lipinski definition) is 3. The second-order valence-corrected chi connectivity index (χ2v) is 4.34. The van der Waals surface area contributed by atoms with Gasteiger partial charge in [-0.1, -0.05) is 12.1 Å². The molecule has 0 heterocycles. The van der Waals surface area contributed by atoms with Gasteiger partial charge in [-0.15, -0.1) is 0 Å². The van der Waals surface area contributed by atoms with Crippen molar-refractivity contribution in [1.29, 1.82) is 0 Å². The van der Waals surface area contributed by atoms with E-state index in [1.54, 1.807) is 24.3 Å². The van der Waals surface area contributed by atoms with E-state index in [0.29, 0.717) is 12.1 Å². The van der Waals surface area contributed by atoms with E-state index < -0.39 is 24.5 Å². The Morgan fingerprint density at radius 2 is 1.86 bits per heavy atom. The van der Waals surface area contributed by atoms with Crippen LogP contribution in [0.15, 0.2) is 24.3 Å². The number of ether oxygens (including phenoxy) is 1. The molecule has 2 amide bonds. The van der Waals surface area contributed by atoms with E-state index in [0.717, 1.165) is 5.56 Å². The van der Waals surface area contributed by atoms with Gasteiger partial charge in [0.1, 0.15) is 0 Å². The molecule has 0 aliphatic carbocycles. The summed E-state index contributed by atoms with van der Waals surface area (Å²) in [6.07, 6.45) is 0. The summed E-state index contributed by atoms with van der Waals surface area (Å²) in [4.78, 5) is 34.0. The molecule has 0 saturated heterocycles. The third kappa shape index (κ3) is 5.23. The largest absolute Gasteiger partial charge is 0.467 e. The SMILES string of the molecule is COC(=O)C(CO)NC(=O)c1ccc(CNC(C)=O)cc1. The maximum atomic E-state index is 11.9. The van der Waals surface area contributed by atoms with Crippen molar-refractivity contribution in [2.24, 2.45) is 0 Å². The van der Waals surface area contributed by atoms with Crippen molar-refractivity contribution >= 4 is 17.8 Å². The Kier molecular flexibility index (Phi) is 6.35. The molecule has 7 nitrogen and oxygen atoms in total. The number of benzene rings is 1. The zero-order valence-corrected chi connectivity index (χ0v) is 11.9. The van der Waals surface area contributed by atoms with E-state index in [2.05, 4.69) is 15.4 Å². The standard InChI is InChI=1S/C14H18N2O5/c1-9(18)15-7-10-3-5-11(6-4-10)13(19)16-12(8-17)14(20)21-2/h3-6,12,17H,7-8H2,1-2H3,(H,15,18)(H,16,19). The highest BCUT2D eigenvalue weighted by atomic mass is 16.5. The second-order valence-electron chi connectivity index (χ2n) is 4.34. The zero-order valence-electron chi connectivity index (χ0n) is 11.9. The van der Waals surface area contributed by atoms with Crippen LogP contribution >= 0.6 is 0 Å². The van der Waals surface area contributed by atoms with Gasteiger partial charge in [-0.25, -0.2) is 4.79 Å². The van der Waals surface area contributed by atoms with Crippen molar-refractivity contribution < 1.29 is 24.2 Å². The number of hydrogen-bond acceptors (Lipinski definition) is 5. The van der Waals surface area contributed by atoms with Crippen molar-refractivity contribution in [3.05, 3.63) is 35.4 Å². The van der Waals surface area contributed by atoms with Crippen molar-refractivity contribution in [2.75, 3.05) is 13.7 Å². The van der Waals surface area contributed by atoms with Gasteiger partial charge in [0.05, 0.1) is 13.7 Å². The highest BCUT2D eigenvalue weighted by Crippen LogP contribution is 2.05. The molecule has 0 bridgehead atoms. The first-order valence-electron chi connectivity index (χ1n) is 6.31. The molecule has 114 valence electrons. The summed E-state index contributed by atoms with van der Waals surface area (Å²) < 4.78 is 4.46. The first-order chi connectivity index (χ1) is 9.97. The van der Waals surface area contributed by atoms with Crippen LogP contribution in [-0.2, 0) is 20.9 Å². The maximum Gasteiger partial charge on any atom is 0.330 e. The third-order valence-electron chi connectivity index (χ3n) is 2.73. The van der Waals surface area contributed by atoms with E-state index in [1.165, 1.54) is 14.0 Å². The van der Waals surface area contributed by atoms with Gasteiger partial charge in [0.15, 0.2) is 6.04 Å². The molecule has 0 aliphatic heterocycles. The number of nitrogens with one attached hydrogen (secondary N) is 2. The average molecular weight is 294 g/mol. The second kappa shape index (κ2) is 8.01. The Morgan fingerprint density at radius 1 is 1.24 bits per heavy atom. The van der Waals surface area contributed by atoms with E-state index in [-0.39, 0.29) is 5.91 Å². The third-order valence-corrected chi connectivity index (χ3v) is 2.73. The summed E-state index contributed by atoms with van der Waals surface area (Å²) in [6.45, 7) is 1.25. The van der Waals surface area contributed by atoms with Crippen LogP contribution in [0.2, 0.25) is 0 Å². The predicted octanol–water partition coefficient (Wildman–Crippen LogP) is -0.414. The topological polar surface area (TPSA) is 105 Å². The van der Waals surface area contributed by atoms with Gasteiger partial charge in [0.25, 0.3) is 5.91 Å². The Labute approximate surface area is 122 Å². The summed E-state index contributed by atoms with van der Waals surface area (Å²) in [5.74, 6) is -1.35. The molecule has 0 aromatic heterocycles. The fraction of sp³-hybridized carbons (Fsp3) is 0.357. The van der Waals surface area contributed by atoms with Crippen LogP contribution in [0.1, 0.15) is 22.8 Å². The minimum atomic E-state index is -1.10. The van der Waals surface area contributed by atoms with Gasteiger partial charge >= 0.3 is 5.97 Å². The summed E-state index contributed by atoms with van der Waals surface area (Å²) in [7, 11) is 1.17. The summed E-state index contributed by atoms with van der Waals surface area (Å²) in [6, 6.07) is 5.42. The van der Waals surface area contributed by atoms with Gasteiger partial charge in [-0.2, -0.15) is 0 Å². The van der Waals surface area contributed by atoms with Gasteiger partial charge in [0, 0.05) is 19.0 Å². The molecular weight excluding hydrogens is 276 g/mol. The average Bonchev–Trinajstić information content (AvgIpc) is 2.50. The van der Waals surface area contributed by atoms with Crippen molar-refractivity contribution in [3.8, 4) is 0 Å². The zero-order chi connectivity index (χ0) is 15.8. The van der Waals surface area contributed by atoms with Crippen molar-refractivity contribution in [1.82, 2.24) is 10.6 Å². The quantitative estimate of drug-likeness (QED) is 0.618. The number of rotatable bonds is 6. The lowest BCUT2D eigenvalue weighted by atomic mass is 10.1. The molecule has 0 aliphatic rings. The highest BCUT2D eigenvalue weighted by molar-refractivity contribution is 5.96. The molecule has 7 heteroatoms. The van der Waals surface area contributed by atoms with Gasteiger partial charge in [0.2, 0.25) is 5.91 Å². The fourth-order valence-electron chi connectivity index (χ4n) is 1.56. The highest BCUT2D eigenvalue weighted by Gasteiger charge is 2.20. The minimum absolute atomic E-state index is 0.138. The lowest BCUT2D eigenvalue weighted by Gasteiger charge is -2.14. The molecule has 0 saturated carbocycles.